The molecule has 0 saturated carbocycles. The molecule has 0 saturated heterocycles. The van der Waals surface area contributed by atoms with Crippen LogP contribution in [-0.4, -0.2) is 12.6 Å². The molecule has 12 heavy (non-hydrogen) atoms. The molecule has 0 bridgehead atoms. The molecule has 0 aromatic rings. The van der Waals surface area contributed by atoms with E-state index in [0.29, 0.717) is 18.3 Å². The second-order valence-corrected chi connectivity index (χ2v) is 3.47. The van der Waals surface area contributed by atoms with Crippen LogP contribution in [0.4, 0.5) is 0 Å². The summed E-state index contributed by atoms with van der Waals surface area (Å²) in [6.07, 6.45) is 2.21. The Bertz CT molecular complexity index is 113. The molecule has 72 valence electrons. The molecule has 0 N–H and O–H groups in total. The Hall–Kier alpha value is -0.530. The summed E-state index contributed by atoms with van der Waals surface area (Å²) >= 11 is 0. The van der Waals surface area contributed by atoms with E-state index in [0.717, 1.165) is 12.8 Å². The van der Waals surface area contributed by atoms with E-state index in [-0.39, 0.29) is 6.10 Å². The summed E-state index contributed by atoms with van der Waals surface area (Å²) < 4.78 is 5.07. The number of rotatable bonds is 6. The van der Waals surface area contributed by atoms with Gasteiger partial charge in [0.25, 0.3) is 6.47 Å². The first-order valence-electron chi connectivity index (χ1n) is 4.76. The Morgan fingerprint density at radius 2 is 1.58 bits per heavy atom. The van der Waals surface area contributed by atoms with Crippen molar-refractivity contribution in [3.63, 3.8) is 0 Å². The molecule has 0 aliphatic carbocycles. The minimum Gasteiger partial charge on any atom is -0.464 e. The maximum Gasteiger partial charge on any atom is 0.293 e. The predicted octanol–water partition coefficient (Wildman–Crippen LogP) is 2.62. The molecule has 0 amide bonds. The number of carbonyl (C=O) groups excluding carboxylic acids is 1. The van der Waals surface area contributed by atoms with E-state index in [2.05, 4.69) is 27.7 Å². The summed E-state index contributed by atoms with van der Waals surface area (Å²) in [5.41, 5.74) is 0. The number of ether oxygens (including phenoxy) is 1. The number of hydrogen-bond acceptors (Lipinski definition) is 2. The molecular formula is C10H20O2. The molecule has 0 radical (unpaired) electrons. The molecular weight excluding hydrogens is 152 g/mol. The molecule has 0 aliphatic heterocycles. The van der Waals surface area contributed by atoms with Crippen LogP contribution >= 0.6 is 0 Å². The van der Waals surface area contributed by atoms with Gasteiger partial charge in [0, 0.05) is 0 Å². The fourth-order valence-corrected chi connectivity index (χ4v) is 1.36. The van der Waals surface area contributed by atoms with Crippen LogP contribution in [0.15, 0.2) is 0 Å². The lowest BCUT2D eigenvalue weighted by atomic mass is 9.90. The van der Waals surface area contributed by atoms with E-state index in [1.807, 2.05) is 0 Å². The predicted molar refractivity (Wildman–Crippen MR) is 49.8 cm³/mol. The van der Waals surface area contributed by atoms with Crippen LogP contribution in [0.1, 0.15) is 40.5 Å². The van der Waals surface area contributed by atoms with Gasteiger partial charge in [-0.25, -0.2) is 0 Å². The molecule has 0 heterocycles. The SMILES string of the molecule is CCC(C)C(OC=O)C(C)CC. The zero-order valence-corrected chi connectivity index (χ0v) is 8.54. The van der Waals surface area contributed by atoms with Crippen molar-refractivity contribution in [3.8, 4) is 0 Å². The largest absolute Gasteiger partial charge is 0.464 e. The second-order valence-electron chi connectivity index (χ2n) is 3.47. The highest BCUT2D eigenvalue weighted by atomic mass is 16.5. The maximum absolute atomic E-state index is 10.2. The third-order valence-corrected chi connectivity index (χ3v) is 2.62. The molecule has 0 fully saturated rings. The molecule has 0 spiro atoms. The standard InChI is InChI=1S/C10H20O2/c1-5-8(3)10(12-7-11)9(4)6-2/h7-10H,5-6H2,1-4H3. The van der Waals surface area contributed by atoms with E-state index >= 15 is 0 Å². The summed E-state index contributed by atoms with van der Waals surface area (Å²) in [6, 6.07) is 0. The molecule has 2 unspecified atom stereocenters. The van der Waals surface area contributed by atoms with Gasteiger partial charge in [-0.2, -0.15) is 0 Å². The van der Waals surface area contributed by atoms with Gasteiger partial charge in [-0.05, 0) is 11.8 Å². The van der Waals surface area contributed by atoms with Crippen molar-refractivity contribution in [2.75, 3.05) is 0 Å². The van der Waals surface area contributed by atoms with Crippen molar-refractivity contribution in [3.05, 3.63) is 0 Å². The molecule has 2 heteroatoms. The van der Waals surface area contributed by atoms with Gasteiger partial charge in [-0.15, -0.1) is 0 Å². The summed E-state index contributed by atoms with van der Waals surface area (Å²) in [5.74, 6) is 0.926. The topological polar surface area (TPSA) is 26.3 Å². The van der Waals surface area contributed by atoms with Crippen LogP contribution in [0.25, 0.3) is 0 Å². The summed E-state index contributed by atoms with van der Waals surface area (Å²) in [5, 5.41) is 0. The Kier molecular flexibility index (Phi) is 5.77. The van der Waals surface area contributed by atoms with Crippen LogP contribution in [-0.2, 0) is 9.53 Å². The van der Waals surface area contributed by atoms with Gasteiger partial charge < -0.3 is 4.74 Å². The highest BCUT2D eigenvalue weighted by molar-refractivity contribution is 5.37. The van der Waals surface area contributed by atoms with Gasteiger partial charge in [0.1, 0.15) is 6.10 Å². The number of carbonyl (C=O) groups is 1. The fourth-order valence-electron chi connectivity index (χ4n) is 1.36. The normalized spacial score (nSPS) is 18.0. The maximum atomic E-state index is 10.2. The van der Waals surface area contributed by atoms with E-state index in [1.165, 1.54) is 0 Å². The van der Waals surface area contributed by atoms with E-state index in [1.54, 1.807) is 0 Å². The Morgan fingerprint density at radius 1 is 1.17 bits per heavy atom. The lowest BCUT2D eigenvalue weighted by Gasteiger charge is -2.26. The van der Waals surface area contributed by atoms with Crippen LogP contribution in [0.5, 0.6) is 0 Å². The first-order valence-corrected chi connectivity index (χ1v) is 4.76. The average molecular weight is 172 g/mol. The van der Waals surface area contributed by atoms with Gasteiger partial charge in [-0.3, -0.25) is 4.79 Å². The third kappa shape index (κ3) is 3.24. The molecule has 2 nitrogen and oxygen atoms in total. The lowest BCUT2D eigenvalue weighted by Crippen LogP contribution is -2.28. The van der Waals surface area contributed by atoms with Crippen molar-refractivity contribution in [1.82, 2.24) is 0 Å². The minimum absolute atomic E-state index is 0.0949. The van der Waals surface area contributed by atoms with Crippen LogP contribution < -0.4 is 0 Å². The molecule has 0 aliphatic rings. The van der Waals surface area contributed by atoms with Crippen molar-refractivity contribution < 1.29 is 9.53 Å². The van der Waals surface area contributed by atoms with Gasteiger partial charge in [-0.1, -0.05) is 40.5 Å². The summed E-state index contributed by atoms with van der Waals surface area (Å²) in [4.78, 5) is 10.2. The average Bonchev–Trinajstić information content (AvgIpc) is 2.11. The van der Waals surface area contributed by atoms with Crippen molar-refractivity contribution in [2.45, 2.75) is 46.6 Å². The monoisotopic (exact) mass is 172 g/mol. The Labute approximate surface area is 75.3 Å². The smallest absolute Gasteiger partial charge is 0.293 e. The summed E-state index contributed by atoms with van der Waals surface area (Å²) in [7, 11) is 0. The van der Waals surface area contributed by atoms with Crippen molar-refractivity contribution in [1.29, 1.82) is 0 Å². The van der Waals surface area contributed by atoms with Crippen molar-refractivity contribution in [2.24, 2.45) is 11.8 Å². The Balaban J connectivity index is 4.09. The highest BCUT2D eigenvalue weighted by Gasteiger charge is 2.22. The fraction of sp³-hybridized carbons (Fsp3) is 0.900. The second kappa shape index (κ2) is 6.04. The first kappa shape index (κ1) is 11.5. The van der Waals surface area contributed by atoms with E-state index in [9.17, 15) is 4.79 Å². The lowest BCUT2D eigenvalue weighted by molar-refractivity contribution is -0.139. The van der Waals surface area contributed by atoms with Gasteiger partial charge >= 0.3 is 0 Å². The Morgan fingerprint density at radius 3 is 1.83 bits per heavy atom. The van der Waals surface area contributed by atoms with Crippen molar-refractivity contribution >= 4 is 6.47 Å². The van der Waals surface area contributed by atoms with Gasteiger partial charge in [0.2, 0.25) is 0 Å². The molecule has 0 aromatic heterocycles. The van der Waals surface area contributed by atoms with Gasteiger partial charge in [0.05, 0.1) is 0 Å². The third-order valence-electron chi connectivity index (χ3n) is 2.62. The molecule has 2 atom stereocenters. The summed E-state index contributed by atoms with van der Waals surface area (Å²) in [6.45, 7) is 9.06. The quantitative estimate of drug-likeness (QED) is 0.576. The van der Waals surface area contributed by atoms with Crippen LogP contribution in [0, 0.1) is 11.8 Å². The number of hydrogen-bond donors (Lipinski definition) is 0. The van der Waals surface area contributed by atoms with E-state index < -0.39 is 0 Å². The minimum atomic E-state index is 0.0949. The zero-order valence-electron chi connectivity index (χ0n) is 8.54. The van der Waals surface area contributed by atoms with E-state index in [4.69, 9.17) is 4.74 Å². The van der Waals surface area contributed by atoms with Crippen LogP contribution in [0.3, 0.4) is 0 Å². The van der Waals surface area contributed by atoms with Gasteiger partial charge in [0.15, 0.2) is 0 Å². The van der Waals surface area contributed by atoms with Crippen LogP contribution in [0.2, 0.25) is 0 Å². The zero-order chi connectivity index (χ0) is 9.56. The highest BCUT2D eigenvalue weighted by Crippen LogP contribution is 2.21. The first-order chi connectivity index (χ1) is 5.67. The molecule has 0 aromatic carbocycles. The molecule has 0 rings (SSSR count).